The minimum atomic E-state index is -0.150. The first-order valence-corrected chi connectivity index (χ1v) is 6.37. The van der Waals surface area contributed by atoms with Gasteiger partial charge in [-0.2, -0.15) is 0 Å². The molecule has 0 aliphatic heterocycles. The number of amides is 1. The summed E-state index contributed by atoms with van der Waals surface area (Å²) in [4.78, 5) is 15.8. The van der Waals surface area contributed by atoms with Gasteiger partial charge in [-0.1, -0.05) is 0 Å². The highest BCUT2D eigenvalue weighted by Crippen LogP contribution is 2.26. The van der Waals surface area contributed by atoms with Crippen LogP contribution in [0.1, 0.15) is 23.5 Å². The van der Waals surface area contributed by atoms with E-state index in [-0.39, 0.29) is 12.0 Å². The molecule has 4 nitrogen and oxygen atoms in total. The molecule has 1 aliphatic rings. The molecule has 1 amide bonds. The zero-order chi connectivity index (χ0) is 11.5. The van der Waals surface area contributed by atoms with Gasteiger partial charge < -0.3 is 10.4 Å². The standard InChI is InChI=1S/C11H16N2O2S/c1-7-13-9(6-16-7)4-11(15)12-5-8-2-10(14)3-8/h6,8,10,14H,2-5H2,1H3,(H,12,15). The Hall–Kier alpha value is -0.940. The van der Waals surface area contributed by atoms with Crippen molar-refractivity contribution in [1.29, 1.82) is 0 Å². The Balaban J connectivity index is 1.68. The molecule has 0 radical (unpaired) electrons. The first-order chi connectivity index (χ1) is 7.63. The van der Waals surface area contributed by atoms with Crippen molar-refractivity contribution >= 4 is 17.2 Å². The average molecular weight is 240 g/mol. The van der Waals surface area contributed by atoms with Crippen molar-refractivity contribution in [3.63, 3.8) is 0 Å². The van der Waals surface area contributed by atoms with E-state index < -0.39 is 0 Å². The molecule has 1 heterocycles. The van der Waals surface area contributed by atoms with Gasteiger partial charge in [0.05, 0.1) is 23.2 Å². The van der Waals surface area contributed by atoms with Crippen molar-refractivity contribution in [2.75, 3.05) is 6.54 Å². The highest BCUT2D eigenvalue weighted by Gasteiger charge is 2.27. The molecular formula is C11H16N2O2S. The molecule has 1 saturated carbocycles. The Labute approximate surface area is 98.7 Å². The zero-order valence-electron chi connectivity index (χ0n) is 9.27. The van der Waals surface area contributed by atoms with Crippen LogP contribution < -0.4 is 5.32 Å². The summed E-state index contributed by atoms with van der Waals surface area (Å²) in [6.07, 6.45) is 1.84. The van der Waals surface area contributed by atoms with Crippen LogP contribution in [-0.2, 0) is 11.2 Å². The molecule has 5 heteroatoms. The van der Waals surface area contributed by atoms with Gasteiger partial charge >= 0.3 is 0 Å². The molecule has 1 fully saturated rings. The van der Waals surface area contributed by atoms with Gasteiger partial charge in [0, 0.05) is 11.9 Å². The highest BCUT2D eigenvalue weighted by atomic mass is 32.1. The zero-order valence-corrected chi connectivity index (χ0v) is 10.1. The monoisotopic (exact) mass is 240 g/mol. The number of aryl methyl sites for hydroxylation is 1. The van der Waals surface area contributed by atoms with Gasteiger partial charge in [0.2, 0.25) is 5.91 Å². The van der Waals surface area contributed by atoms with Crippen molar-refractivity contribution < 1.29 is 9.90 Å². The van der Waals surface area contributed by atoms with Crippen molar-refractivity contribution in [3.8, 4) is 0 Å². The van der Waals surface area contributed by atoms with Gasteiger partial charge in [-0.3, -0.25) is 4.79 Å². The van der Waals surface area contributed by atoms with Crippen molar-refractivity contribution in [3.05, 3.63) is 16.1 Å². The normalized spacial score (nSPS) is 23.9. The predicted molar refractivity (Wildman–Crippen MR) is 62.3 cm³/mol. The van der Waals surface area contributed by atoms with Gasteiger partial charge in [0.15, 0.2) is 0 Å². The Morgan fingerprint density at radius 3 is 3.00 bits per heavy atom. The number of aliphatic hydroxyl groups is 1. The third kappa shape index (κ3) is 3.02. The molecule has 0 saturated heterocycles. The summed E-state index contributed by atoms with van der Waals surface area (Å²) < 4.78 is 0. The third-order valence-electron chi connectivity index (χ3n) is 2.81. The number of hydrogen-bond donors (Lipinski definition) is 2. The molecule has 0 atom stereocenters. The van der Waals surface area contributed by atoms with Crippen LogP contribution in [0.3, 0.4) is 0 Å². The fourth-order valence-corrected chi connectivity index (χ4v) is 2.45. The highest BCUT2D eigenvalue weighted by molar-refractivity contribution is 7.09. The number of aliphatic hydroxyl groups excluding tert-OH is 1. The minimum absolute atomic E-state index is 0.0201. The van der Waals surface area contributed by atoms with E-state index in [4.69, 9.17) is 5.11 Å². The van der Waals surface area contributed by atoms with E-state index in [1.54, 1.807) is 11.3 Å². The maximum absolute atomic E-state index is 11.5. The lowest BCUT2D eigenvalue weighted by molar-refractivity contribution is -0.121. The Kier molecular flexibility index (Phi) is 3.56. The number of carbonyl (C=O) groups excluding carboxylic acids is 1. The molecule has 1 aromatic rings. The fraction of sp³-hybridized carbons (Fsp3) is 0.636. The largest absolute Gasteiger partial charge is 0.393 e. The molecule has 16 heavy (non-hydrogen) atoms. The molecule has 0 bridgehead atoms. The number of nitrogens with one attached hydrogen (secondary N) is 1. The lowest BCUT2D eigenvalue weighted by atomic mass is 9.82. The molecule has 0 aromatic carbocycles. The lowest BCUT2D eigenvalue weighted by Crippen LogP contribution is -2.38. The number of rotatable bonds is 4. The SMILES string of the molecule is Cc1nc(CC(=O)NCC2CC(O)C2)cs1. The van der Waals surface area contributed by atoms with Gasteiger partial charge in [0.25, 0.3) is 0 Å². The summed E-state index contributed by atoms with van der Waals surface area (Å²) >= 11 is 1.56. The third-order valence-corrected chi connectivity index (χ3v) is 3.63. The van der Waals surface area contributed by atoms with Crippen LogP contribution in [0.15, 0.2) is 5.38 Å². The van der Waals surface area contributed by atoms with E-state index >= 15 is 0 Å². The molecule has 2 N–H and O–H groups in total. The summed E-state index contributed by atoms with van der Waals surface area (Å²) in [5.74, 6) is 0.475. The lowest BCUT2D eigenvalue weighted by Gasteiger charge is -2.31. The van der Waals surface area contributed by atoms with Gasteiger partial charge in [0.1, 0.15) is 0 Å². The molecule has 88 valence electrons. The van der Waals surface area contributed by atoms with Crippen LogP contribution in [-0.4, -0.2) is 28.6 Å². The van der Waals surface area contributed by atoms with E-state index in [1.165, 1.54) is 0 Å². The van der Waals surface area contributed by atoms with Crippen LogP contribution in [0.2, 0.25) is 0 Å². The number of nitrogens with zero attached hydrogens (tertiary/aromatic N) is 1. The summed E-state index contributed by atoms with van der Waals surface area (Å²) in [6.45, 7) is 2.61. The van der Waals surface area contributed by atoms with E-state index in [2.05, 4.69) is 10.3 Å². The van der Waals surface area contributed by atoms with Crippen LogP contribution in [0.5, 0.6) is 0 Å². The van der Waals surface area contributed by atoms with Gasteiger partial charge in [-0.25, -0.2) is 4.98 Å². The van der Waals surface area contributed by atoms with Crippen molar-refractivity contribution in [2.24, 2.45) is 5.92 Å². The number of carbonyl (C=O) groups is 1. The average Bonchev–Trinajstić information content (AvgIpc) is 2.57. The van der Waals surface area contributed by atoms with Crippen LogP contribution in [0, 0.1) is 12.8 Å². The van der Waals surface area contributed by atoms with Crippen molar-refractivity contribution in [1.82, 2.24) is 10.3 Å². The van der Waals surface area contributed by atoms with E-state index in [0.717, 1.165) is 23.5 Å². The first-order valence-electron chi connectivity index (χ1n) is 5.49. The van der Waals surface area contributed by atoms with Crippen LogP contribution >= 0.6 is 11.3 Å². The molecule has 0 unspecified atom stereocenters. The van der Waals surface area contributed by atoms with E-state index in [9.17, 15) is 4.79 Å². The summed E-state index contributed by atoms with van der Waals surface area (Å²) in [5, 5.41) is 14.9. The summed E-state index contributed by atoms with van der Waals surface area (Å²) in [7, 11) is 0. The number of aromatic nitrogens is 1. The maximum atomic E-state index is 11.5. The van der Waals surface area contributed by atoms with Gasteiger partial charge in [-0.15, -0.1) is 11.3 Å². The number of thiazole rings is 1. The minimum Gasteiger partial charge on any atom is -0.393 e. The molecule has 1 aliphatic carbocycles. The second-order valence-corrected chi connectivity index (χ2v) is 5.39. The quantitative estimate of drug-likeness (QED) is 0.821. The smallest absolute Gasteiger partial charge is 0.226 e. The molecule has 1 aromatic heterocycles. The number of hydrogen-bond acceptors (Lipinski definition) is 4. The van der Waals surface area contributed by atoms with E-state index in [1.807, 2.05) is 12.3 Å². The second kappa shape index (κ2) is 4.93. The van der Waals surface area contributed by atoms with E-state index in [0.29, 0.717) is 18.9 Å². The Morgan fingerprint density at radius 2 is 2.44 bits per heavy atom. The van der Waals surface area contributed by atoms with Gasteiger partial charge in [-0.05, 0) is 25.7 Å². The predicted octanol–water partition coefficient (Wildman–Crippen LogP) is 0.881. The Bertz CT molecular complexity index is 372. The molecular weight excluding hydrogens is 224 g/mol. The second-order valence-electron chi connectivity index (χ2n) is 4.33. The molecule has 0 spiro atoms. The molecule has 2 rings (SSSR count). The Morgan fingerprint density at radius 1 is 1.69 bits per heavy atom. The van der Waals surface area contributed by atoms with Crippen molar-refractivity contribution in [2.45, 2.75) is 32.3 Å². The van der Waals surface area contributed by atoms with Crippen LogP contribution in [0.25, 0.3) is 0 Å². The first kappa shape index (κ1) is 11.5. The fourth-order valence-electron chi connectivity index (χ4n) is 1.84. The summed E-state index contributed by atoms with van der Waals surface area (Å²) in [6, 6.07) is 0. The van der Waals surface area contributed by atoms with Crippen LogP contribution in [0.4, 0.5) is 0 Å². The summed E-state index contributed by atoms with van der Waals surface area (Å²) in [5.41, 5.74) is 0.841. The maximum Gasteiger partial charge on any atom is 0.226 e. The topological polar surface area (TPSA) is 62.2 Å².